The first-order chi connectivity index (χ1) is 13.3. The van der Waals surface area contributed by atoms with E-state index in [1.165, 1.54) is 28.5 Å². The highest BCUT2D eigenvalue weighted by molar-refractivity contribution is 8.01. The zero-order valence-corrected chi connectivity index (χ0v) is 16.1. The van der Waals surface area contributed by atoms with E-state index >= 15 is 0 Å². The predicted octanol–water partition coefficient (Wildman–Crippen LogP) is 3.45. The van der Waals surface area contributed by atoms with Crippen LogP contribution in [-0.2, 0) is 4.79 Å². The van der Waals surface area contributed by atoms with Crippen molar-refractivity contribution in [2.24, 2.45) is 0 Å². The van der Waals surface area contributed by atoms with E-state index in [0.29, 0.717) is 35.5 Å². The summed E-state index contributed by atoms with van der Waals surface area (Å²) in [7, 11) is 0. The molecule has 150 valence electrons. The fourth-order valence-electron chi connectivity index (χ4n) is 2.85. The predicted molar refractivity (Wildman–Crippen MR) is 99.3 cm³/mol. The Morgan fingerprint density at radius 1 is 1.32 bits per heavy atom. The van der Waals surface area contributed by atoms with Crippen LogP contribution in [0.15, 0.2) is 21.9 Å². The molecule has 1 fully saturated rings. The van der Waals surface area contributed by atoms with Gasteiger partial charge in [0.05, 0.1) is 5.69 Å². The molecule has 2 heterocycles. The summed E-state index contributed by atoms with van der Waals surface area (Å²) in [6, 6.07) is 1.03. The number of nitrogens with zero attached hydrogens (tertiary/aromatic N) is 2. The molecule has 2 N–H and O–H groups in total. The summed E-state index contributed by atoms with van der Waals surface area (Å²) >= 11 is 2.57. The van der Waals surface area contributed by atoms with Crippen LogP contribution in [0.1, 0.15) is 23.3 Å². The third-order valence-electron chi connectivity index (χ3n) is 4.25. The Bertz CT molecular complexity index is 894. The number of amides is 1. The third kappa shape index (κ3) is 4.76. The highest BCUT2D eigenvalue weighted by atomic mass is 32.2. The second-order valence-corrected chi connectivity index (χ2v) is 8.26. The monoisotopic (exact) mass is 431 g/mol. The number of nitrogens with one attached hydrogen (secondary N) is 1. The third-order valence-corrected chi connectivity index (χ3v) is 6.25. The maximum absolute atomic E-state index is 13.7. The minimum Gasteiger partial charge on any atom is -0.476 e. The Hall–Kier alpha value is -2.27. The molecule has 3 rings (SSSR count). The van der Waals surface area contributed by atoms with E-state index in [1.54, 1.807) is 4.90 Å². The van der Waals surface area contributed by atoms with Crippen LogP contribution in [-0.4, -0.2) is 51.8 Å². The van der Waals surface area contributed by atoms with Gasteiger partial charge < -0.3 is 15.3 Å². The van der Waals surface area contributed by atoms with Gasteiger partial charge in [0.1, 0.15) is 5.82 Å². The summed E-state index contributed by atoms with van der Waals surface area (Å²) in [6.07, 6.45) is 0.930. The number of halogens is 3. The van der Waals surface area contributed by atoms with Crippen LogP contribution in [0.4, 0.5) is 18.9 Å². The number of thiazole rings is 1. The number of anilines is 1. The number of aromatic nitrogens is 1. The van der Waals surface area contributed by atoms with Crippen molar-refractivity contribution in [1.82, 2.24) is 9.88 Å². The van der Waals surface area contributed by atoms with Gasteiger partial charge in [-0.2, -0.15) is 0 Å². The van der Waals surface area contributed by atoms with Gasteiger partial charge in [0.2, 0.25) is 5.91 Å². The minimum atomic E-state index is -1.26. The van der Waals surface area contributed by atoms with E-state index in [-0.39, 0.29) is 29.9 Å². The highest BCUT2D eigenvalue weighted by Crippen LogP contribution is 2.26. The molecule has 1 saturated heterocycles. The molecular weight excluding hydrogens is 415 g/mol. The second kappa shape index (κ2) is 8.82. The normalized spacial score (nSPS) is 16.6. The molecule has 0 saturated carbocycles. The summed E-state index contributed by atoms with van der Waals surface area (Å²) < 4.78 is 40.6. The van der Waals surface area contributed by atoms with E-state index in [9.17, 15) is 22.8 Å². The number of hydrogen-bond donors (Lipinski definition) is 2. The van der Waals surface area contributed by atoms with Crippen molar-refractivity contribution in [3.63, 3.8) is 0 Å². The van der Waals surface area contributed by atoms with E-state index in [2.05, 4.69) is 10.3 Å². The maximum Gasteiger partial charge on any atom is 0.355 e. The number of rotatable bonds is 8. The number of carbonyl (C=O) groups excluding carboxylic acids is 1. The van der Waals surface area contributed by atoms with Gasteiger partial charge in [-0.25, -0.2) is 22.9 Å². The summed E-state index contributed by atoms with van der Waals surface area (Å²) in [5.41, 5.74) is -0.169. The highest BCUT2D eigenvalue weighted by Gasteiger charge is 2.30. The Morgan fingerprint density at radius 2 is 2.07 bits per heavy atom. The number of carbonyl (C=O) groups is 2. The molecule has 28 heavy (non-hydrogen) atoms. The first kappa shape index (κ1) is 20.5. The second-order valence-electron chi connectivity index (χ2n) is 6.06. The quantitative estimate of drug-likeness (QED) is 0.492. The molecule has 1 aromatic carbocycles. The SMILES string of the molecule is O=C(O)c1csc(SCCN2C(=O)CC[C@@H]2CNc2cc(F)c(F)cc2F)n1. The lowest BCUT2D eigenvalue weighted by Crippen LogP contribution is -2.39. The van der Waals surface area contributed by atoms with Crippen molar-refractivity contribution in [2.75, 3.05) is 24.2 Å². The molecule has 0 spiro atoms. The number of benzene rings is 1. The van der Waals surface area contributed by atoms with Crippen molar-refractivity contribution in [2.45, 2.75) is 23.2 Å². The van der Waals surface area contributed by atoms with Crippen LogP contribution < -0.4 is 5.32 Å². The van der Waals surface area contributed by atoms with Gasteiger partial charge in [-0.3, -0.25) is 4.79 Å². The topological polar surface area (TPSA) is 82.5 Å². The standard InChI is InChI=1S/C17H16F3N3O3S2/c18-10-5-12(20)13(6-11(10)19)21-7-9-1-2-15(24)23(9)3-4-27-17-22-14(8-28-17)16(25)26/h5-6,8-9,21H,1-4,7H2,(H,25,26)/t9-/m1/s1. The molecule has 1 aliphatic rings. The molecule has 0 unspecified atom stereocenters. The van der Waals surface area contributed by atoms with Gasteiger partial charge in [0.25, 0.3) is 0 Å². The Kier molecular flexibility index (Phi) is 6.45. The van der Waals surface area contributed by atoms with Crippen molar-refractivity contribution in [3.8, 4) is 0 Å². The van der Waals surface area contributed by atoms with Gasteiger partial charge in [0, 0.05) is 48.8 Å². The van der Waals surface area contributed by atoms with Gasteiger partial charge in [-0.15, -0.1) is 11.3 Å². The van der Waals surface area contributed by atoms with Crippen LogP contribution in [0.25, 0.3) is 0 Å². The van der Waals surface area contributed by atoms with Gasteiger partial charge >= 0.3 is 5.97 Å². The van der Waals surface area contributed by atoms with E-state index in [0.717, 1.165) is 6.07 Å². The number of aromatic carboxylic acids is 1. The summed E-state index contributed by atoms with van der Waals surface area (Å²) in [5.74, 6) is -3.91. The molecule has 11 heteroatoms. The summed E-state index contributed by atoms with van der Waals surface area (Å²) in [4.78, 5) is 28.6. The zero-order valence-electron chi connectivity index (χ0n) is 14.5. The van der Waals surface area contributed by atoms with Crippen LogP contribution in [0.2, 0.25) is 0 Å². The Balaban J connectivity index is 1.54. The van der Waals surface area contributed by atoms with Crippen molar-refractivity contribution < 1.29 is 27.9 Å². The molecule has 1 aromatic heterocycles. The number of carboxylic acids is 1. The molecule has 0 bridgehead atoms. The first-order valence-electron chi connectivity index (χ1n) is 8.34. The van der Waals surface area contributed by atoms with Crippen molar-refractivity contribution in [3.05, 3.63) is 40.7 Å². The van der Waals surface area contributed by atoms with Crippen LogP contribution >= 0.6 is 23.1 Å². The van der Waals surface area contributed by atoms with E-state index < -0.39 is 23.4 Å². The number of likely N-dealkylation sites (tertiary alicyclic amines) is 1. The van der Waals surface area contributed by atoms with Crippen LogP contribution in [0.3, 0.4) is 0 Å². The minimum absolute atomic E-state index is 0.0135. The smallest absolute Gasteiger partial charge is 0.355 e. The van der Waals surface area contributed by atoms with E-state index in [1.807, 2.05) is 0 Å². The van der Waals surface area contributed by atoms with Gasteiger partial charge in [-0.1, -0.05) is 11.8 Å². The number of thioether (sulfide) groups is 1. The van der Waals surface area contributed by atoms with Gasteiger partial charge in [-0.05, 0) is 6.42 Å². The van der Waals surface area contributed by atoms with Gasteiger partial charge in [0.15, 0.2) is 21.7 Å². The lowest BCUT2D eigenvalue weighted by atomic mass is 10.2. The number of carboxylic acid groups (broad SMARTS) is 1. The average molecular weight is 431 g/mol. The molecular formula is C17H16F3N3O3S2. The maximum atomic E-state index is 13.7. The number of hydrogen-bond acceptors (Lipinski definition) is 6. The Labute approximate surface area is 166 Å². The van der Waals surface area contributed by atoms with Crippen LogP contribution in [0.5, 0.6) is 0 Å². The fraction of sp³-hybridized carbons (Fsp3) is 0.353. The fourth-order valence-corrected chi connectivity index (χ4v) is 4.66. The summed E-state index contributed by atoms with van der Waals surface area (Å²) in [5, 5.41) is 13.1. The lowest BCUT2D eigenvalue weighted by Gasteiger charge is -2.25. The van der Waals surface area contributed by atoms with E-state index in [4.69, 9.17) is 5.11 Å². The lowest BCUT2D eigenvalue weighted by molar-refractivity contribution is -0.128. The zero-order chi connectivity index (χ0) is 20.3. The van der Waals surface area contributed by atoms with Crippen molar-refractivity contribution >= 4 is 40.7 Å². The van der Waals surface area contributed by atoms with Crippen molar-refractivity contribution in [1.29, 1.82) is 0 Å². The molecule has 0 radical (unpaired) electrons. The average Bonchev–Trinajstić information content (AvgIpc) is 3.25. The summed E-state index contributed by atoms with van der Waals surface area (Å²) in [6.45, 7) is 0.622. The molecule has 6 nitrogen and oxygen atoms in total. The molecule has 1 atom stereocenters. The molecule has 0 aliphatic carbocycles. The largest absolute Gasteiger partial charge is 0.476 e. The van der Waals surface area contributed by atoms with Crippen LogP contribution in [0, 0.1) is 17.5 Å². The first-order valence-corrected chi connectivity index (χ1v) is 10.2. The Morgan fingerprint density at radius 3 is 2.79 bits per heavy atom. The molecule has 1 amide bonds. The molecule has 2 aromatic rings. The molecule has 1 aliphatic heterocycles.